The lowest BCUT2D eigenvalue weighted by Gasteiger charge is -2.52. The molecular formula is C72H78N4O11Si. The van der Waals surface area contributed by atoms with Gasteiger partial charge in [0.2, 0.25) is 0 Å². The molecule has 0 saturated carbocycles. The van der Waals surface area contributed by atoms with Crippen LogP contribution in [0.5, 0.6) is 5.75 Å². The lowest BCUT2D eigenvalue weighted by Crippen LogP contribution is -2.71. The highest BCUT2D eigenvalue weighted by Crippen LogP contribution is 2.40. The number of nitrogens with zero attached hydrogens (tertiary/aromatic N) is 4. The van der Waals surface area contributed by atoms with Gasteiger partial charge in [-0.25, -0.2) is 4.79 Å². The standard InChI is InChI=1S/C72H78N4O11Si/c1-72(2,3)88(60-36-22-10-23-37-60,61-38-24-11-25-39-61)85-51-62-66(67(81-47-54-28-14-6-15-29-54)63(80-46-53-26-12-5-13-27-53)44-76(62)71(77)84-50-57-34-20-9-21-35-57)87-70-65(74-75-73)69(83-49-56-32-18-8-19-33-56)68(82-48-55-30-16-7-17-31-55)64(86-70)52-79-45-58-40-42-59(78-4)43-41-58/h5-43,62-70H,44-52H2,1-4H3/t62-,63+,64-,65-,66-,67-,68-,69-,70+/m1/s1. The van der Waals surface area contributed by atoms with Gasteiger partial charge in [-0.2, -0.15) is 0 Å². The van der Waals surface area contributed by atoms with Gasteiger partial charge in [0.15, 0.2) is 6.29 Å². The fourth-order valence-electron chi connectivity index (χ4n) is 11.7. The summed E-state index contributed by atoms with van der Waals surface area (Å²) in [5, 5.41) is 6.14. The van der Waals surface area contributed by atoms with Crippen molar-refractivity contribution in [2.45, 2.75) is 120 Å². The van der Waals surface area contributed by atoms with Crippen LogP contribution < -0.4 is 15.1 Å². The van der Waals surface area contributed by atoms with Crippen LogP contribution in [-0.2, 0) is 82.0 Å². The highest BCUT2D eigenvalue weighted by Gasteiger charge is 2.56. The topological polar surface area (TPSA) is 161 Å². The fourth-order valence-corrected chi connectivity index (χ4v) is 16.3. The molecule has 2 saturated heterocycles. The molecule has 0 spiro atoms. The molecular weight excluding hydrogens is 1120 g/mol. The van der Waals surface area contributed by atoms with Gasteiger partial charge in [0, 0.05) is 4.91 Å². The second-order valence-electron chi connectivity index (χ2n) is 23.1. The van der Waals surface area contributed by atoms with E-state index in [1.165, 1.54) is 0 Å². The number of carbonyl (C=O) groups is 1. The predicted octanol–water partition coefficient (Wildman–Crippen LogP) is 12.9. The SMILES string of the molecule is COc1ccc(COC[C@H]2O[C@@H](O[C@H]3[C@H](OCc4ccccc4)[C@@H](OCc4ccccc4)CN(C(=O)OCc4ccccc4)[C@@H]3CO[Si](c3ccccc3)(c3ccccc3)C(C)(C)C)[C@H](N=[N+]=[N-])[C@@H](OCc3ccccc3)[C@@H]2OCc2ccccc2)cc1. The van der Waals surface area contributed by atoms with Crippen LogP contribution in [0.4, 0.5) is 4.79 Å². The third-order valence-corrected chi connectivity index (χ3v) is 21.1. The Bertz CT molecular complexity index is 3350. The summed E-state index contributed by atoms with van der Waals surface area (Å²) in [5.41, 5.74) is 16.1. The second-order valence-corrected chi connectivity index (χ2v) is 27.4. The molecule has 88 heavy (non-hydrogen) atoms. The number of likely N-dealkylation sites (tertiary alicyclic amines) is 1. The first-order chi connectivity index (χ1) is 43.1. The number of rotatable bonds is 27. The summed E-state index contributed by atoms with van der Waals surface area (Å²) in [6.07, 6.45) is -7.72. The van der Waals surface area contributed by atoms with E-state index in [-0.39, 0.29) is 59.4 Å². The van der Waals surface area contributed by atoms with Gasteiger partial charge in [0.1, 0.15) is 55.0 Å². The monoisotopic (exact) mass is 1200 g/mol. The van der Waals surface area contributed by atoms with Crippen molar-refractivity contribution in [2.24, 2.45) is 5.11 Å². The summed E-state index contributed by atoms with van der Waals surface area (Å²) in [7, 11) is -1.74. The maximum Gasteiger partial charge on any atom is 0.410 e. The quantitative estimate of drug-likeness (QED) is 0.0208. The molecule has 2 aliphatic rings. The zero-order valence-corrected chi connectivity index (χ0v) is 51.4. The van der Waals surface area contributed by atoms with Crippen molar-refractivity contribution in [2.75, 3.05) is 26.9 Å². The summed E-state index contributed by atoms with van der Waals surface area (Å²) < 4.78 is 69.5. The zero-order valence-electron chi connectivity index (χ0n) is 50.4. The minimum Gasteiger partial charge on any atom is -0.497 e. The third kappa shape index (κ3) is 16.2. The Kier molecular flexibility index (Phi) is 22.4. The second kappa shape index (κ2) is 31.3. The lowest BCUT2D eigenvalue weighted by atomic mass is 9.92. The van der Waals surface area contributed by atoms with Crippen LogP contribution in [0.3, 0.4) is 0 Å². The Hall–Kier alpha value is -7.96. The molecule has 0 unspecified atom stereocenters. The van der Waals surface area contributed by atoms with E-state index in [1.54, 1.807) is 12.0 Å². The Balaban J connectivity index is 1.12. The summed E-state index contributed by atoms with van der Waals surface area (Å²) in [4.78, 5) is 20.7. The van der Waals surface area contributed by atoms with Gasteiger partial charge in [-0.15, -0.1) is 0 Å². The van der Waals surface area contributed by atoms with Crippen LogP contribution in [0.1, 0.15) is 54.2 Å². The number of amides is 1. The highest BCUT2D eigenvalue weighted by molar-refractivity contribution is 6.99. The summed E-state index contributed by atoms with van der Waals surface area (Å²) in [6.45, 7) is 7.39. The van der Waals surface area contributed by atoms with Crippen molar-refractivity contribution in [3.63, 3.8) is 0 Å². The van der Waals surface area contributed by atoms with Crippen molar-refractivity contribution in [3.05, 3.63) is 280 Å². The average molecular weight is 1200 g/mol. The van der Waals surface area contributed by atoms with Crippen molar-refractivity contribution in [3.8, 4) is 5.75 Å². The molecule has 16 heteroatoms. The first kappa shape index (κ1) is 63.1. The van der Waals surface area contributed by atoms with E-state index in [9.17, 15) is 5.53 Å². The highest BCUT2D eigenvalue weighted by atomic mass is 28.4. The number of azide groups is 1. The van der Waals surface area contributed by atoms with Crippen LogP contribution in [0.15, 0.2) is 242 Å². The fraction of sp³-hybridized carbons (Fsp3) is 0.319. The van der Waals surface area contributed by atoms with Crippen LogP contribution in [0, 0.1) is 0 Å². The van der Waals surface area contributed by atoms with Crippen LogP contribution in [0.25, 0.3) is 10.4 Å². The summed E-state index contributed by atoms with van der Waals surface area (Å²) >= 11 is 0. The number of carbonyl (C=O) groups excluding carboxylic acids is 1. The largest absolute Gasteiger partial charge is 0.497 e. The smallest absolute Gasteiger partial charge is 0.410 e. The molecule has 0 aliphatic carbocycles. The van der Waals surface area contributed by atoms with E-state index in [0.29, 0.717) is 0 Å². The van der Waals surface area contributed by atoms with Gasteiger partial charge in [0.05, 0.1) is 65.9 Å². The van der Waals surface area contributed by atoms with Crippen molar-refractivity contribution < 1.29 is 51.9 Å². The maximum atomic E-state index is 15.5. The van der Waals surface area contributed by atoms with E-state index < -0.39 is 74.4 Å². The molecule has 0 bridgehead atoms. The normalized spacial score (nSPS) is 21.2. The van der Waals surface area contributed by atoms with E-state index in [1.807, 2.05) is 212 Å². The molecule has 2 fully saturated rings. The molecule has 15 nitrogen and oxygen atoms in total. The molecule has 8 aromatic carbocycles. The number of benzene rings is 8. The van der Waals surface area contributed by atoms with E-state index in [0.717, 1.165) is 49.5 Å². The van der Waals surface area contributed by atoms with Gasteiger partial charge in [-0.3, -0.25) is 4.90 Å². The molecule has 456 valence electrons. The average Bonchev–Trinajstić information content (AvgIpc) is 1.64. The number of hydrogen-bond acceptors (Lipinski definition) is 12. The minimum absolute atomic E-state index is 0.000719. The van der Waals surface area contributed by atoms with E-state index >= 15 is 4.79 Å². The first-order valence-corrected chi connectivity index (χ1v) is 31.9. The van der Waals surface area contributed by atoms with Crippen molar-refractivity contribution in [1.29, 1.82) is 0 Å². The van der Waals surface area contributed by atoms with Gasteiger partial charge in [-0.1, -0.05) is 250 Å². The molecule has 0 radical (unpaired) electrons. The number of hydrogen-bond donors (Lipinski definition) is 0. The molecule has 0 N–H and O–H groups in total. The van der Waals surface area contributed by atoms with E-state index in [2.05, 4.69) is 55.1 Å². The van der Waals surface area contributed by atoms with Crippen LogP contribution in [-0.4, -0.2) is 101 Å². The van der Waals surface area contributed by atoms with Crippen molar-refractivity contribution >= 4 is 24.8 Å². The van der Waals surface area contributed by atoms with Crippen LogP contribution >= 0.6 is 0 Å². The molecule has 10 rings (SSSR count). The van der Waals surface area contributed by atoms with Crippen LogP contribution in [0.2, 0.25) is 5.04 Å². The molecule has 8 aromatic rings. The summed E-state index contributed by atoms with van der Waals surface area (Å²) in [5.74, 6) is 0.719. The lowest BCUT2D eigenvalue weighted by molar-refractivity contribution is -0.317. The maximum absolute atomic E-state index is 15.5. The number of methoxy groups -OCH3 is 1. The van der Waals surface area contributed by atoms with Gasteiger partial charge in [-0.05, 0) is 66.5 Å². The Morgan fingerprint density at radius 2 is 0.966 bits per heavy atom. The third-order valence-electron chi connectivity index (χ3n) is 16.1. The minimum atomic E-state index is -3.37. The Labute approximate surface area is 517 Å². The van der Waals surface area contributed by atoms with E-state index in [4.69, 9.17) is 47.1 Å². The molecule has 2 aliphatic heterocycles. The molecule has 9 atom stereocenters. The van der Waals surface area contributed by atoms with Gasteiger partial charge in [0.25, 0.3) is 8.32 Å². The predicted molar refractivity (Wildman–Crippen MR) is 340 cm³/mol. The Morgan fingerprint density at radius 1 is 0.534 bits per heavy atom. The molecule has 1 amide bonds. The zero-order chi connectivity index (χ0) is 61.0. The first-order valence-electron chi connectivity index (χ1n) is 30.0. The molecule has 2 heterocycles. The Morgan fingerprint density at radius 3 is 1.43 bits per heavy atom. The van der Waals surface area contributed by atoms with Gasteiger partial charge >= 0.3 is 6.09 Å². The van der Waals surface area contributed by atoms with Gasteiger partial charge < -0.3 is 47.1 Å². The number of ether oxygens (including phenoxy) is 9. The number of piperidine rings is 1. The molecule has 0 aromatic heterocycles. The summed E-state index contributed by atoms with van der Waals surface area (Å²) in [6, 6.07) is 75.1. The van der Waals surface area contributed by atoms with Crippen molar-refractivity contribution in [1.82, 2.24) is 4.90 Å².